The van der Waals surface area contributed by atoms with Crippen LogP contribution in [-0.4, -0.2) is 14.2 Å². The maximum absolute atomic E-state index is 11.0. The van der Waals surface area contributed by atoms with Gasteiger partial charge in [0.1, 0.15) is 0 Å². The Kier molecular flexibility index (Phi) is 2.73. The van der Waals surface area contributed by atoms with Crippen LogP contribution in [0.25, 0.3) is 0 Å². The average Bonchev–Trinajstić information content (AvgIpc) is 2.03. The van der Waals surface area contributed by atoms with Crippen molar-refractivity contribution < 1.29 is 13.2 Å². The molecule has 1 aromatic carbocycles. The average molecular weight is 219 g/mol. The summed E-state index contributed by atoms with van der Waals surface area (Å²) >= 11 is 0. The molecule has 0 heterocycles. The Hall–Kier alpha value is -0.870. The van der Waals surface area contributed by atoms with Gasteiger partial charge in [-0.25, -0.2) is 8.42 Å². The Morgan fingerprint density at radius 3 is 2.23 bits per heavy atom. The van der Waals surface area contributed by atoms with Gasteiger partial charge in [0.15, 0.2) is 5.78 Å². The lowest BCUT2D eigenvalue weighted by Crippen LogP contribution is -2.01. The molecule has 0 aliphatic heterocycles. The maximum atomic E-state index is 11.0. The molecular weight excluding hydrogens is 212 g/mol. The first kappa shape index (κ1) is 10.2. The highest BCUT2D eigenvalue weighted by Gasteiger charge is 2.16. The molecule has 0 saturated heterocycles. The normalized spacial score (nSPS) is 11.2. The van der Waals surface area contributed by atoms with E-state index in [0.29, 0.717) is 0 Å². The Morgan fingerprint density at radius 1 is 1.31 bits per heavy atom. The lowest BCUT2D eigenvalue weighted by Gasteiger charge is -2.01. The number of Topliss-reactive ketones (excluding diaryl/α,β-unsaturated/α-hetero) is 1. The lowest BCUT2D eigenvalue weighted by atomic mass is 10.1. The van der Waals surface area contributed by atoms with Gasteiger partial charge in [-0.05, 0) is 13.0 Å². The first-order valence-electron chi connectivity index (χ1n) is 3.47. The molecule has 0 radical (unpaired) electrons. The van der Waals surface area contributed by atoms with Crippen LogP contribution >= 0.6 is 10.7 Å². The van der Waals surface area contributed by atoms with Gasteiger partial charge in [0.05, 0.1) is 4.90 Å². The van der Waals surface area contributed by atoms with Crippen molar-refractivity contribution in [2.45, 2.75) is 11.8 Å². The van der Waals surface area contributed by atoms with Crippen molar-refractivity contribution in [3.63, 3.8) is 0 Å². The predicted molar refractivity (Wildman–Crippen MR) is 49.5 cm³/mol. The van der Waals surface area contributed by atoms with Crippen LogP contribution in [-0.2, 0) is 9.05 Å². The molecule has 3 nitrogen and oxygen atoms in total. The molecule has 0 N–H and O–H groups in total. The molecule has 13 heavy (non-hydrogen) atoms. The minimum Gasteiger partial charge on any atom is -0.294 e. The number of rotatable bonds is 2. The van der Waals surface area contributed by atoms with Crippen molar-refractivity contribution in [3.05, 3.63) is 29.8 Å². The molecule has 0 spiro atoms. The standard InChI is InChI=1S/C8H7ClO3S/c1-6(10)7-4-2-3-5-8(7)13(9,11)12/h2-5H,1H3. The van der Waals surface area contributed by atoms with Crippen LogP contribution in [0.1, 0.15) is 17.3 Å². The molecule has 0 fully saturated rings. The van der Waals surface area contributed by atoms with Crippen LogP contribution in [0.15, 0.2) is 29.2 Å². The smallest absolute Gasteiger partial charge is 0.262 e. The molecule has 0 amide bonds. The van der Waals surface area contributed by atoms with E-state index in [-0.39, 0.29) is 16.2 Å². The molecule has 70 valence electrons. The van der Waals surface area contributed by atoms with Gasteiger partial charge in [0.25, 0.3) is 9.05 Å². The zero-order chi connectivity index (χ0) is 10.1. The van der Waals surface area contributed by atoms with Crippen LogP contribution in [0.3, 0.4) is 0 Å². The highest BCUT2D eigenvalue weighted by molar-refractivity contribution is 8.13. The number of ketones is 1. The van der Waals surface area contributed by atoms with Gasteiger partial charge in [-0.15, -0.1) is 0 Å². The fourth-order valence-corrected chi connectivity index (χ4v) is 2.09. The van der Waals surface area contributed by atoms with E-state index >= 15 is 0 Å². The van der Waals surface area contributed by atoms with E-state index in [9.17, 15) is 13.2 Å². The minimum atomic E-state index is -3.83. The first-order valence-corrected chi connectivity index (χ1v) is 5.78. The zero-order valence-electron chi connectivity index (χ0n) is 6.82. The maximum Gasteiger partial charge on any atom is 0.262 e. The molecule has 0 saturated carbocycles. The summed E-state index contributed by atoms with van der Waals surface area (Å²) in [6.07, 6.45) is 0. The Balaban J connectivity index is 3.46. The Bertz CT molecular complexity index is 436. The molecule has 5 heteroatoms. The summed E-state index contributed by atoms with van der Waals surface area (Å²) in [5.41, 5.74) is 0.123. The van der Waals surface area contributed by atoms with E-state index in [0.717, 1.165) is 0 Å². The third-order valence-electron chi connectivity index (χ3n) is 1.53. The summed E-state index contributed by atoms with van der Waals surface area (Å²) in [6, 6.07) is 5.83. The van der Waals surface area contributed by atoms with E-state index in [2.05, 4.69) is 0 Å². The third kappa shape index (κ3) is 2.29. The van der Waals surface area contributed by atoms with Crippen molar-refractivity contribution in [2.24, 2.45) is 0 Å². The summed E-state index contributed by atoms with van der Waals surface area (Å²) in [6.45, 7) is 1.29. The van der Waals surface area contributed by atoms with Crippen LogP contribution < -0.4 is 0 Å². The molecule has 0 bridgehead atoms. The molecule has 0 aliphatic carbocycles. The van der Waals surface area contributed by atoms with Gasteiger partial charge in [-0.2, -0.15) is 0 Å². The largest absolute Gasteiger partial charge is 0.294 e. The predicted octanol–water partition coefficient (Wildman–Crippen LogP) is 1.82. The first-order chi connectivity index (χ1) is 5.93. The molecule has 0 unspecified atom stereocenters. The van der Waals surface area contributed by atoms with E-state index in [1.165, 1.54) is 25.1 Å². The second-order valence-corrected chi connectivity index (χ2v) is 5.02. The fourth-order valence-electron chi connectivity index (χ4n) is 0.970. The topological polar surface area (TPSA) is 51.2 Å². The molecular formula is C8H7ClO3S. The van der Waals surface area contributed by atoms with Crippen molar-refractivity contribution in [2.75, 3.05) is 0 Å². The van der Waals surface area contributed by atoms with Crippen LogP contribution in [0.5, 0.6) is 0 Å². The second-order valence-electron chi connectivity index (χ2n) is 2.49. The number of hydrogen-bond acceptors (Lipinski definition) is 3. The quantitative estimate of drug-likeness (QED) is 0.562. The molecule has 0 atom stereocenters. The van der Waals surface area contributed by atoms with E-state index < -0.39 is 9.05 Å². The Labute approximate surface area is 80.8 Å². The summed E-state index contributed by atoms with van der Waals surface area (Å²) < 4.78 is 21.9. The van der Waals surface area contributed by atoms with Gasteiger partial charge in [0.2, 0.25) is 0 Å². The van der Waals surface area contributed by atoms with Crippen LogP contribution in [0.2, 0.25) is 0 Å². The van der Waals surface area contributed by atoms with E-state index in [1.807, 2.05) is 0 Å². The number of benzene rings is 1. The Morgan fingerprint density at radius 2 is 1.85 bits per heavy atom. The number of halogens is 1. The summed E-state index contributed by atoms with van der Waals surface area (Å²) in [7, 11) is 1.30. The van der Waals surface area contributed by atoms with Crippen molar-refractivity contribution in [3.8, 4) is 0 Å². The SMILES string of the molecule is CC(=O)c1ccccc1S(=O)(=O)Cl. The summed E-state index contributed by atoms with van der Waals surface area (Å²) in [5, 5.41) is 0. The van der Waals surface area contributed by atoms with Crippen molar-refractivity contribution in [1.29, 1.82) is 0 Å². The van der Waals surface area contributed by atoms with Crippen molar-refractivity contribution >= 4 is 25.5 Å². The van der Waals surface area contributed by atoms with E-state index in [1.54, 1.807) is 6.07 Å². The van der Waals surface area contributed by atoms with Gasteiger partial charge in [-0.3, -0.25) is 4.79 Å². The highest BCUT2D eigenvalue weighted by Crippen LogP contribution is 2.19. The molecule has 0 aromatic heterocycles. The lowest BCUT2D eigenvalue weighted by molar-refractivity contribution is 0.101. The molecule has 1 rings (SSSR count). The van der Waals surface area contributed by atoms with Gasteiger partial charge < -0.3 is 0 Å². The van der Waals surface area contributed by atoms with Gasteiger partial charge in [0, 0.05) is 16.2 Å². The minimum absolute atomic E-state index is 0.123. The fraction of sp³-hybridized carbons (Fsp3) is 0.125. The van der Waals surface area contributed by atoms with Gasteiger partial charge >= 0.3 is 0 Å². The highest BCUT2D eigenvalue weighted by atomic mass is 35.7. The third-order valence-corrected chi connectivity index (χ3v) is 2.91. The summed E-state index contributed by atoms with van der Waals surface area (Å²) in [5.74, 6) is -0.320. The van der Waals surface area contributed by atoms with Crippen LogP contribution in [0, 0.1) is 0 Å². The number of carbonyl (C=O) groups is 1. The van der Waals surface area contributed by atoms with E-state index in [4.69, 9.17) is 10.7 Å². The molecule has 0 aliphatic rings. The van der Waals surface area contributed by atoms with Crippen LogP contribution in [0.4, 0.5) is 0 Å². The number of carbonyl (C=O) groups excluding carboxylic acids is 1. The second kappa shape index (κ2) is 3.47. The number of hydrogen-bond donors (Lipinski definition) is 0. The monoisotopic (exact) mass is 218 g/mol. The zero-order valence-corrected chi connectivity index (χ0v) is 8.39. The van der Waals surface area contributed by atoms with Gasteiger partial charge in [-0.1, -0.05) is 18.2 Å². The van der Waals surface area contributed by atoms with Crippen molar-refractivity contribution in [1.82, 2.24) is 0 Å². The molecule has 1 aromatic rings. The summed E-state index contributed by atoms with van der Waals surface area (Å²) in [4.78, 5) is 10.9.